The number of carbonyl (C=O) groups is 7. The summed E-state index contributed by atoms with van der Waals surface area (Å²) >= 11 is 0. The van der Waals surface area contributed by atoms with Crippen molar-refractivity contribution in [1.82, 2.24) is 26.2 Å². The van der Waals surface area contributed by atoms with Crippen LogP contribution in [-0.2, 0) is 33.6 Å². The predicted octanol–water partition coefficient (Wildman–Crippen LogP) is -2.32. The minimum atomic E-state index is -1.34. The van der Waals surface area contributed by atoms with Gasteiger partial charge in [0, 0.05) is 26.4 Å². The Balaban J connectivity index is 3.06. The lowest BCUT2D eigenvalue weighted by molar-refractivity contribution is -0.142. The van der Waals surface area contributed by atoms with Crippen LogP contribution < -0.4 is 32.7 Å². The van der Waals surface area contributed by atoms with E-state index in [1.807, 2.05) is 0 Å². The summed E-state index contributed by atoms with van der Waals surface area (Å²) < 4.78 is 0. The lowest BCUT2D eigenvalue weighted by Gasteiger charge is -2.30. The Labute approximate surface area is 238 Å². The average molecular weight is 583 g/mol. The van der Waals surface area contributed by atoms with Gasteiger partial charge in [-0.3, -0.25) is 39.0 Å². The fourth-order valence-corrected chi connectivity index (χ4v) is 4.49. The number of likely N-dealkylation sites (tertiary alicyclic amines) is 1. The number of nitrogens with zero attached hydrogens (tertiary/aromatic N) is 1. The van der Waals surface area contributed by atoms with Gasteiger partial charge in [0.05, 0.1) is 12.5 Å². The van der Waals surface area contributed by atoms with E-state index in [4.69, 9.17) is 22.0 Å². The Morgan fingerprint density at radius 2 is 1.66 bits per heavy atom. The van der Waals surface area contributed by atoms with Crippen molar-refractivity contribution in [1.29, 1.82) is 5.41 Å². The number of carboxylic acid groups (broad SMARTS) is 1. The number of aliphatic carboxylic acids is 1. The van der Waals surface area contributed by atoms with Gasteiger partial charge in [-0.05, 0) is 38.0 Å². The van der Waals surface area contributed by atoms with Crippen molar-refractivity contribution >= 4 is 47.2 Å². The Morgan fingerprint density at radius 3 is 2.20 bits per heavy atom. The molecule has 0 saturated carbocycles. The highest BCUT2D eigenvalue weighted by Gasteiger charge is 2.39. The summed E-state index contributed by atoms with van der Waals surface area (Å²) in [7, 11) is 0. The molecule has 0 radical (unpaired) electrons. The van der Waals surface area contributed by atoms with Crippen LogP contribution in [0.4, 0.5) is 0 Å². The molecule has 1 heterocycles. The van der Waals surface area contributed by atoms with Crippen molar-refractivity contribution < 1.29 is 38.7 Å². The predicted molar refractivity (Wildman–Crippen MR) is 146 cm³/mol. The molecule has 1 aliphatic heterocycles. The standard InChI is InChI=1S/C25H42N8O8/c1-13(2)21(18(35)12-19(26)36)32-22(39)15(8-9-20(37)38)31-23(40)17-7-5-11-33(17)24(41)16(30-14(3)34)6-4-10-29-25(27)28/h13,15-17,21H,4-12H2,1-3H3,(H2,26,36)(H,30,34)(H,31,40)(H,32,39)(H,37,38)(H4,27,28,29)/t15-,16-,17-,21-/m0/s1. The summed E-state index contributed by atoms with van der Waals surface area (Å²) in [6.07, 6.45) is -0.00525. The zero-order valence-corrected chi connectivity index (χ0v) is 23.7. The fourth-order valence-electron chi connectivity index (χ4n) is 4.49. The summed E-state index contributed by atoms with van der Waals surface area (Å²) in [5.74, 6) is -5.82. The van der Waals surface area contributed by atoms with Crippen LogP contribution in [0.15, 0.2) is 0 Å². The quantitative estimate of drug-likeness (QED) is 0.0392. The second-order valence-electron chi connectivity index (χ2n) is 10.3. The third-order valence-electron chi connectivity index (χ3n) is 6.44. The van der Waals surface area contributed by atoms with Gasteiger partial charge in [-0.25, -0.2) is 0 Å². The number of nitrogens with two attached hydrogens (primary N) is 2. The third kappa shape index (κ3) is 12.2. The first-order valence-electron chi connectivity index (χ1n) is 13.4. The van der Waals surface area contributed by atoms with E-state index >= 15 is 0 Å². The average Bonchev–Trinajstić information content (AvgIpc) is 3.35. The van der Waals surface area contributed by atoms with Gasteiger partial charge < -0.3 is 42.7 Å². The number of primary amides is 1. The number of carboxylic acids is 1. The third-order valence-corrected chi connectivity index (χ3v) is 6.44. The zero-order valence-electron chi connectivity index (χ0n) is 23.7. The number of ketones is 1. The number of rotatable bonds is 17. The summed E-state index contributed by atoms with van der Waals surface area (Å²) in [4.78, 5) is 87.7. The molecule has 0 bridgehead atoms. The molecule has 10 N–H and O–H groups in total. The van der Waals surface area contributed by atoms with Crippen LogP contribution in [0.3, 0.4) is 0 Å². The number of nitrogens with one attached hydrogen (secondary N) is 5. The molecule has 0 aromatic rings. The van der Waals surface area contributed by atoms with Crippen molar-refractivity contribution in [3.63, 3.8) is 0 Å². The summed E-state index contributed by atoms with van der Waals surface area (Å²) in [6, 6.07) is -4.36. The highest BCUT2D eigenvalue weighted by molar-refractivity contribution is 6.02. The Hall–Kier alpha value is -4.24. The van der Waals surface area contributed by atoms with Gasteiger partial charge in [-0.1, -0.05) is 13.8 Å². The summed E-state index contributed by atoms with van der Waals surface area (Å²) in [6.45, 7) is 5.05. The molecule has 1 rings (SSSR count). The molecule has 0 aromatic carbocycles. The molecule has 230 valence electrons. The summed E-state index contributed by atoms with van der Waals surface area (Å²) in [5.41, 5.74) is 10.4. The Morgan fingerprint density at radius 1 is 1.00 bits per heavy atom. The monoisotopic (exact) mass is 582 g/mol. The SMILES string of the molecule is CC(=O)N[C@@H](CCCNC(=N)N)C(=O)N1CCC[C@H]1C(=O)N[C@@H](CCC(=O)O)C(=O)N[C@H](C(=O)CC(N)=O)C(C)C. The smallest absolute Gasteiger partial charge is 0.303 e. The normalized spacial score (nSPS) is 16.7. The molecule has 16 heteroatoms. The van der Waals surface area contributed by atoms with E-state index in [0.29, 0.717) is 19.4 Å². The van der Waals surface area contributed by atoms with Gasteiger partial charge >= 0.3 is 5.97 Å². The molecule has 41 heavy (non-hydrogen) atoms. The lowest BCUT2D eigenvalue weighted by Crippen LogP contribution is -2.57. The van der Waals surface area contributed by atoms with Crippen LogP contribution in [0.5, 0.6) is 0 Å². The number of hydrogen-bond donors (Lipinski definition) is 8. The minimum absolute atomic E-state index is 0.211. The Bertz CT molecular complexity index is 1020. The lowest BCUT2D eigenvalue weighted by atomic mass is 9.96. The molecule has 1 saturated heterocycles. The maximum atomic E-state index is 13.4. The molecule has 16 nitrogen and oxygen atoms in total. The molecular formula is C25H42N8O8. The fraction of sp³-hybridized carbons (Fsp3) is 0.680. The Kier molecular flexibility index (Phi) is 14.2. The van der Waals surface area contributed by atoms with Crippen LogP contribution >= 0.6 is 0 Å². The molecule has 0 spiro atoms. The second kappa shape index (κ2) is 16.8. The van der Waals surface area contributed by atoms with Crippen LogP contribution in [0, 0.1) is 11.3 Å². The van der Waals surface area contributed by atoms with E-state index in [2.05, 4.69) is 21.3 Å². The van der Waals surface area contributed by atoms with Crippen molar-refractivity contribution in [3.8, 4) is 0 Å². The van der Waals surface area contributed by atoms with Crippen LogP contribution in [0.2, 0.25) is 0 Å². The maximum Gasteiger partial charge on any atom is 0.303 e. The van der Waals surface area contributed by atoms with E-state index in [9.17, 15) is 33.6 Å². The van der Waals surface area contributed by atoms with Gasteiger partial charge in [0.25, 0.3) is 0 Å². The van der Waals surface area contributed by atoms with Gasteiger partial charge in [-0.15, -0.1) is 0 Å². The first kappa shape index (κ1) is 34.8. The highest BCUT2D eigenvalue weighted by Crippen LogP contribution is 2.20. The molecule has 1 fully saturated rings. The first-order chi connectivity index (χ1) is 19.1. The largest absolute Gasteiger partial charge is 0.481 e. The van der Waals surface area contributed by atoms with Crippen molar-refractivity contribution in [3.05, 3.63) is 0 Å². The van der Waals surface area contributed by atoms with Crippen LogP contribution in [-0.4, -0.2) is 94.5 Å². The van der Waals surface area contributed by atoms with Crippen LogP contribution in [0.1, 0.15) is 65.7 Å². The summed E-state index contributed by atoms with van der Waals surface area (Å²) in [5, 5.41) is 26.6. The van der Waals surface area contributed by atoms with Gasteiger partial charge in [0.2, 0.25) is 29.5 Å². The van der Waals surface area contributed by atoms with Crippen molar-refractivity contribution in [2.75, 3.05) is 13.1 Å². The first-order valence-corrected chi connectivity index (χ1v) is 13.4. The van der Waals surface area contributed by atoms with E-state index in [-0.39, 0.29) is 31.8 Å². The number of amides is 5. The molecule has 1 aliphatic rings. The molecular weight excluding hydrogens is 540 g/mol. The van der Waals surface area contributed by atoms with Gasteiger partial charge in [0.15, 0.2) is 11.7 Å². The van der Waals surface area contributed by atoms with Crippen molar-refractivity contribution in [2.24, 2.45) is 17.4 Å². The minimum Gasteiger partial charge on any atom is -0.481 e. The van der Waals surface area contributed by atoms with Gasteiger partial charge in [0.1, 0.15) is 18.1 Å². The second-order valence-corrected chi connectivity index (χ2v) is 10.3. The van der Waals surface area contributed by atoms with Gasteiger partial charge in [-0.2, -0.15) is 0 Å². The molecule has 4 atom stereocenters. The zero-order chi connectivity index (χ0) is 31.3. The molecule has 5 amide bonds. The van der Waals surface area contributed by atoms with E-state index in [1.165, 1.54) is 11.8 Å². The van der Waals surface area contributed by atoms with E-state index in [1.54, 1.807) is 13.8 Å². The number of hydrogen-bond acceptors (Lipinski definition) is 8. The van der Waals surface area contributed by atoms with Crippen molar-refractivity contribution in [2.45, 2.75) is 89.9 Å². The molecule has 0 unspecified atom stereocenters. The maximum absolute atomic E-state index is 13.4. The molecule has 0 aromatic heterocycles. The topological polar surface area (TPSA) is 267 Å². The molecule has 0 aliphatic carbocycles. The van der Waals surface area contributed by atoms with Crippen LogP contribution in [0.25, 0.3) is 0 Å². The number of carbonyl (C=O) groups excluding carboxylic acids is 6. The highest BCUT2D eigenvalue weighted by atomic mass is 16.4. The van der Waals surface area contributed by atoms with E-state index in [0.717, 1.165) is 0 Å². The number of guanidine groups is 1. The number of Topliss-reactive ketones (excluding diaryl/α,β-unsaturated/α-hetero) is 1. The van der Waals surface area contributed by atoms with E-state index < -0.39 is 84.2 Å².